The normalized spacial score (nSPS) is 11.9. The van der Waals surface area contributed by atoms with E-state index in [1.807, 2.05) is 19.2 Å². The maximum absolute atomic E-state index is 12.9. The standard InChI is InChI=1S/C22H21F3N4S.C2HF3O2/c1-26-10-11-27-13-14-2-4-15(5-3-14)19-8-9-20(30-19)21-28-17-7-6-16(22(23,24)25)12-18(17)29-21;3-2(4,5)1(6)7/h2-9,12,26-27H,10-11,13H2,1H3,(H,28,29);(H,6,7). The molecule has 0 aliphatic heterocycles. The minimum atomic E-state index is -5.08. The highest BCUT2D eigenvalue weighted by Crippen LogP contribution is 2.35. The number of aromatic amines is 1. The van der Waals surface area contributed by atoms with E-state index in [9.17, 15) is 26.3 Å². The van der Waals surface area contributed by atoms with Crippen LogP contribution in [0.3, 0.4) is 0 Å². The molecule has 0 aliphatic rings. The van der Waals surface area contributed by atoms with Gasteiger partial charge in [-0.05, 0) is 48.5 Å². The molecule has 0 aliphatic carbocycles. The highest BCUT2D eigenvalue weighted by molar-refractivity contribution is 7.18. The van der Waals surface area contributed by atoms with Crippen LogP contribution in [0.5, 0.6) is 0 Å². The lowest BCUT2D eigenvalue weighted by Gasteiger charge is -2.05. The van der Waals surface area contributed by atoms with Crippen LogP contribution in [0.25, 0.3) is 32.2 Å². The number of nitrogens with zero attached hydrogens (tertiary/aromatic N) is 1. The molecule has 6 nitrogen and oxygen atoms in total. The number of halogens is 6. The second kappa shape index (κ2) is 11.8. The molecule has 37 heavy (non-hydrogen) atoms. The zero-order valence-electron chi connectivity index (χ0n) is 19.3. The minimum absolute atomic E-state index is 0.380. The molecule has 0 radical (unpaired) electrons. The largest absolute Gasteiger partial charge is 0.490 e. The van der Waals surface area contributed by atoms with Crippen LogP contribution in [0, 0.1) is 0 Å². The lowest BCUT2D eigenvalue weighted by Crippen LogP contribution is -2.24. The van der Waals surface area contributed by atoms with Gasteiger partial charge >= 0.3 is 18.3 Å². The Hall–Kier alpha value is -3.42. The first kappa shape index (κ1) is 28.2. The Bertz CT molecular complexity index is 1330. The van der Waals surface area contributed by atoms with E-state index in [4.69, 9.17) is 9.90 Å². The number of benzene rings is 2. The summed E-state index contributed by atoms with van der Waals surface area (Å²) in [4.78, 5) is 18.3. The second-order valence-electron chi connectivity index (χ2n) is 7.76. The summed E-state index contributed by atoms with van der Waals surface area (Å²) in [6, 6.07) is 15.9. The summed E-state index contributed by atoms with van der Waals surface area (Å²) in [6.07, 6.45) is -9.45. The molecule has 2 heterocycles. The third-order valence-electron chi connectivity index (χ3n) is 5.01. The molecule has 4 N–H and O–H groups in total. The number of aliphatic carboxylic acids is 1. The molecule has 2 aromatic heterocycles. The van der Waals surface area contributed by atoms with E-state index in [1.165, 1.54) is 11.6 Å². The van der Waals surface area contributed by atoms with Crippen molar-refractivity contribution in [2.75, 3.05) is 20.1 Å². The maximum Gasteiger partial charge on any atom is 0.490 e. The summed E-state index contributed by atoms with van der Waals surface area (Å²) in [5.41, 5.74) is 2.52. The first-order valence-electron chi connectivity index (χ1n) is 10.8. The molecule has 0 amide bonds. The summed E-state index contributed by atoms with van der Waals surface area (Å²) in [7, 11) is 1.93. The first-order chi connectivity index (χ1) is 17.4. The van der Waals surface area contributed by atoms with Crippen LogP contribution in [0.2, 0.25) is 0 Å². The van der Waals surface area contributed by atoms with Crippen LogP contribution in [0.1, 0.15) is 11.1 Å². The number of thiophene rings is 1. The van der Waals surface area contributed by atoms with Crippen LogP contribution >= 0.6 is 11.3 Å². The van der Waals surface area contributed by atoms with Gasteiger partial charge < -0.3 is 20.7 Å². The fraction of sp³-hybridized carbons (Fsp3) is 0.250. The van der Waals surface area contributed by atoms with Crippen molar-refractivity contribution >= 4 is 28.3 Å². The molecule has 0 bridgehead atoms. The van der Waals surface area contributed by atoms with Gasteiger partial charge in [-0.15, -0.1) is 11.3 Å². The number of alkyl halides is 6. The SMILES string of the molecule is CNCCNCc1ccc(-c2ccc(-c3nc4ccc(C(F)(F)F)cc4[nH]3)s2)cc1.O=C(O)C(F)(F)F. The number of likely N-dealkylation sites (N-methyl/N-ethyl adjacent to an activating group) is 1. The Morgan fingerprint density at radius 3 is 2.22 bits per heavy atom. The van der Waals surface area contributed by atoms with E-state index in [2.05, 4.69) is 44.9 Å². The Labute approximate surface area is 211 Å². The van der Waals surface area contributed by atoms with E-state index in [0.717, 1.165) is 47.1 Å². The highest BCUT2D eigenvalue weighted by atomic mass is 32.1. The molecular formula is C24H22F6N4O2S. The van der Waals surface area contributed by atoms with Crippen molar-refractivity contribution < 1.29 is 36.2 Å². The number of fused-ring (bicyclic) bond motifs is 1. The van der Waals surface area contributed by atoms with E-state index in [1.54, 1.807) is 11.3 Å². The third-order valence-corrected chi connectivity index (χ3v) is 6.15. The van der Waals surface area contributed by atoms with Gasteiger partial charge in [-0.2, -0.15) is 26.3 Å². The molecule has 0 saturated carbocycles. The number of imidazole rings is 1. The number of nitrogens with one attached hydrogen (secondary N) is 3. The third kappa shape index (κ3) is 7.78. The van der Waals surface area contributed by atoms with E-state index >= 15 is 0 Å². The van der Waals surface area contributed by atoms with E-state index in [-0.39, 0.29) is 0 Å². The van der Waals surface area contributed by atoms with Crippen molar-refractivity contribution in [3.8, 4) is 21.1 Å². The Balaban J connectivity index is 0.000000479. The molecule has 0 saturated heterocycles. The summed E-state index contributed by atoms with van der Waals surface area (Å²) in [6.45, 7) is 2.65. The molecule has 198 valence electrons. The zero-order chi connectivity index (χ0) is 27.2. The predicted octanol–water partition coefficient (Wildman–Crippen LogP) is 5.92. The van der Waals surface area contributed by atoms with E-state index in [0.29, 0.717) is 16.9 Å². The summed E-state index contributed by atoms with van der Waals surface area (Å²) < 4.78 is 70.5. The van der Waals surface area contributed by atoms with Crippen LogP contribution in [-0.4, -0.2) is 47.4 Å². The molecule has 0 fully saturated rings. The van der Waals surface area contributed by atoms with Crippen molar-refractivity contribution in [1.82, 2.24) is 20.6 Å². The molecule has 4 rings (SSSR count). The Morgan fingerprint density at radius 2 is 1.62 bits per heavy atom. The van der Waals surface area contributed by atoms with E-state index < -0.39 is 23.9 Å². The summed E-state index contributed by atoms with van der Waals surface area (Å²) >= 11 is 1.55. The van der Waals surface area contributed by atoms with Gasteiger partial charge in [-0.3, -0.25) is 0 Å². The van der Waals surface area contributed by atoms with Gasteiger partial charge in [0, 0.05) is 24.5 Å². The number of rotatable bonds is 7. The lowest BCUT2D eigenvalue weighted by atomic mass is 10.1. The molecule has 0 spiro atoms. The number of aromatic nitrogens is 2. The molecular weight excluding hydrogens is 522 g/mol. The highest BCUT2D eigenvalue weighted by Gasteiger charge is 2.38. The fourth-order valence-electron chi connectivity index (χ4n) is 3.16. The number of carboxylic acids is 1. The Kier molecular flexibility index (Phi) is 8.94. The monoisotopic (exact) mass is 544 g/mol. The van der Waals surface area contributed by atoms with Crippen LogP contribution in [0.15, 0.2) is 54.6 Å². The Morgan fingerprint density at radius 1 is 0.973 bits per heavy atom. The summed E-state index contributed by atoms with van der Waals surface area (Å²) in [5, 5.41) is 13.6. The van der Waals surface area contributed by atoms with Crippen LogP contribution in [-0.2, 0) is 17.5 Å². The molecule has 0 unspecified atom stereocenters. The van der Waals surface area contributed by atoms with Crippen LogP contribution in [0.4, 0.5) is 26.3 Å². The number of H-pyrrole nitrogens is 1. The zero-order valence-corrected chi connectivity index (χ0v) is 20.1. The molecule has 2 aromatic carbocycles. The maximum atomic E-state index is 12.9. The average Bonchev–Trinajstić information content (AvgIpc) is 3.48. The fourth-order valence-corrected chi connectivity index (χ4v) is 4.11. The van der Waals surface area contributed by atoms with Crippen LogP contribution < -0.4 is 10.6 Å². The van der Waals surface area contributed by atoms with Crippen molar-refractivity contribution in [3.05, 3.63) is 65.7 Å². The van der Waals surface area contributed by atoms with Crippen molar-refractivity contribution in [3.63, 3.8) is 0 Å². The number of hydrogen-bond donors (Lipinski definition) is 4. The quantitative estimate of drug-likeness (QED) is 0.171. The van der Waals surface area contributed by atoms with Crippen molar-refractivity contribution in [2.45, 2.75) is 18.9 Å². The van der Waals surface area contributed by atoms with Crippen molar-refractivity contribution in [2.24, 2.45) is 0 Å². The number of hydrogen-bond acceptors (Lipinski definition) is 5. The lowest BCUT2D eigenvalue weighted by molar-refractivity contribution is -0.192. The van der Waals surface area contributed by atoms with Gasteiger partial charge in [0.2, 0.25) is 0 Å². The van der Waals surface area contributed by atoms with Gasteiger partial charge in [-0.25, -0.2) is 9.78 Å². The second-order valence-corrected chi connectivity index (χ2v) is 8.84. The van der Waals surface area contributed by atoms with Gasteiger partial charge in [-0.1, -0.05) is 24.3 Å². The molecule has 4 aromatic rings. The minimum Gasteiger partial charge on any atom is -0.475 e. The first-order valence-corrected chi connectivity index (χ1v) is 11.6. The van der Waals surface area contributed by atoms with Gasteiger partial charge in [0.05, 0.1) is 21.5 Å². The topological polar surface area (TPSA) is 90.0 Å². The predicted molar refractivity (Wildman–Crippen MR) is 129 cm³/mol. The van der Waals surface area contributed by atoms with Crippen molar-refractivity contribution in [1.29, 1.82) is 0 Å². The van der Waals surface area contributed by atoms with Gasteiger partial charge in [0.1, 0.15) is 5.82 Å². The molecule has 0 atom stereocenters. The number of carbonyl (C=O) groups is 1. The number of carboxylic acid groups (broad SMARTS) is 1. The molecule has 13 heteroatoms. The smallest absolute Gasteiger partial charge is 0.475 e. The van der Waals surface area contributed by atoms with Gasteiger partial charge in [0.25, 0.3) is 0 Å². The average molecular weight is 545 g/mol. The van der Waals surface area contributed by atoms with Gasteiger partial charge in [0.15, 0.2) is 0 Å². The summed E-state index contributed by atoms with van der Waals surface area (Å²) in [5.74, 6) is -2.18.